The van der Waals surface area contributed by atoms with Crippen molar-refractivity contribution in [3.63, 3.8) is 0 Å². The van der Waals surface area contributed by atoms with Crippen LogP contribution in [0.4, 0.5) is 0 Å². The van der Waals surface area contributed by atoms with Crippen molar-refractivity contribution in [3.05, 3.63) is 53.1 Å². The fraction of sp³-hybridized carbons (Fsp3) is 0.278. The van der Waals surface area contributed by atoms with E-state index >= 15 is 0 Å². The normalized spacial score (nSPS) is 20.9. The van der Waals surface area contributed by atoms with Crippen molar-refractivity contribution in [2.24, 2.45) is 10.7 Å². The van der Waals surface area contributed by atoms with Gasteiger partial charge in [0.05, 0.1) is 18.7 Å². The maximum Gasteiger partial charge on any atom is 0.137 e. The Bertz CT molecular complexity index is 760. The van der Waals surface area contributed by atoms with Crippen LogP contribution in [0.15, 0.2) is 47.5 Å². The second kappa shape index (κ2) is 6.22. The Morgan fingerprint density at radius 1 is 1.22 bits per heavy atom. The molecule has 0 fully saturated rings. The lowest BCUT2D eigenvalue weighted by molar-refractivity contribution is 0.106. The summed E-state index contributed by atoms with van der Waals surface area (Å²) in [5.41, 5.74) is 8.52. The molecule has 3 rings (SSSR count). The van der Waals surface area contributed by atoms with Crippen LogP contribution in [0.5, 0.6) is 5.75 Å². The number of nitrogens with zero attached hydrogens (tertiary/aromatic N) is 1. The minimum absolute atomic E-state index is 0.392. The second-order valence-corrected chi connectivity index (χ2v) is 6.21. The van der Waals surface area contributed by atoms with Gasteiger partial charge in [-0.2, -0.15) is 0 Å². The highest BCUT2D eigenvalue weighted by molar-refractivity contribution is 6.32. The predicted octanol–water partition coefficient (Wildman–Crippen LogP) is 3.62. The Kier molecular flexibility index (Phi) is 4.28. The van der Waals surface area contributed by atoms with Crippen molar-refractivity contribution < 1.29 is 9.47 Å². The number of nitrogens with two attached hydrogens (primary N) is 1. The highest BCUT2D eigenvalue weighted by Gasteiger charge is 2.30. The highest BCUT2D eigenvalue weighted by atomic mass is 35.5. The van der Waals surface area contributed by atoms with Crippen LogP contribution in [0.2, 0.25) is 5.02 Å². The number of halogens is 1. The molecule has 1 aliphatic rings. The molecule has 1 heterocycles. The van der Waals surface area contributed by atoms with E-state index in [1.54, 1.807) is 7.11 Å². The van der Waals surface area contributed by atoms with Crippen molar-refractivity contribution in [2.45, 2.75) is 12.5 Å². The van der Waals surface area contributed by atoms with Crippen LogP contribution in [0.3, 0.4) is 0 Å². The largest absolute Gasteiger partial charge is 0.495 e. The van der Waals surface area contributed by atoms with Gasteiger partial charge in [0, 0.05) is 0 Å². The number of amidine groups is 1. The zero-order valence-electron chi connectivity index (χ0n) is 13.2. The molecule has 0 aromatic heterocycles. The Morgan fingerprint density at radius 2 is 2.00 bits per heavy atom. The molecule has 2 aromatic carbocycles. The summed E-state index contributed by atoms with van der Waals surface area (Å²) in [5, 5.41) is 0.588. The number of hydrogen-bond acceptors (Lipinski definition) is 4. The van der Waals surface area contributed by atoms with E-state index in [2.05, 4.69) is 11.1 Å². The van der Waals surface area contributed by atoms with Gasteiger partial charge in [0.25, 0.3) is 0 Å². The summed E-state index contributed by atoms with van der Waals surface area (Å²) in [7, 11) is 1.60. The molecule has 0 bridgehead atoms. The Balaban J connectivity index is 2.00. The fourth-order valence-electron chi connectivity index (χ4n) is 2.76. The smallest absolute Gasteiger partial charge is 0.137 e. The molecular weight excluding hydrogens is 312 g/mol. The molecule has 5 heteroatoms. The molecule has 4 nitrogen and oxygen atoms in total. The fourth-order valence-corrected chi connectivity index (χ4v) is 3.02. The first-order valence-electron chi connectivity index (χ1n) is 7.38. The average Bonchev–Trinajstić information content (AvgIpc) is 2.55. The van der Waals surface area contributed by atoms with Gasteiger partial charge < -0.3 is 15.2 Å². The molecule has 0 spiro atoms. The Morgan fingerprint density at radius 3 is 2.70 bits per heavy atom. The van der Waals surface area contributed by atoms with E-state index in [-0.39, 0.29) is 0 Å². The standard InChI is InChI=1S/C18H19ClN2O2/c1-18(11-23-10-17(20)21-18)14-5-3-4-12(8-14)13-6-7-16(22-2)15(19)9-13/h3-9H,10-11H2,1-2H3,(H2,20,21). The van der Waals surface area contributed by atoms with Gasteiger partial charge in [0.1, 0.15) is 23.7 Å². The summed E-state index contributed by atoms with van der Waals surface area (Å²) in [6.07, 6.45) is 0. The topological polar surface area (TPSA) is 56.8 Å². The second-order valence-electron chi connectivity index (χ2n) is 5.80. The molecule has 2 aromatic rings. The van der Waals surface area contributed by atoms with Gasteiger partial charge in [-0.1, -0.05) is 35.9 Å². The number of hydrogen-bond donors (Lipinski definition) is 1. The van der Waals surface area contributed by atoms with Crippen LogP contribution in [0.25, 0.3) is 11.1 Å². The number of benzene rings is 2. The first kappa shape index (κ1) is 15.8. The third kappa shape index (κ3) is 3.19. The van der Waals surface area contributed by atoms with Crippen LogP contribution in [-0.4, -0.2) is 26.2 Å². The number of methoxy groups -OCH3 is 1. The summed E-state index contributed by atoms with van der Waals surface area (Å²) in [4.78, 5) is 4.59. The molecule has 0 saturated heterocycles. The van der Waals surface area contributed by atoms with E-state index in [4.69, 9.17) is 26.8 Å². The van der Waals surface area contributed by atoms with E-state index in [0.29, 0.717) is 29.8 Å². The van der Waals surface area contributed by atoms with Gasteiger partial charge in [0.2, 0.25) is 0 Å². The Hall–Kier alpha value is -2.04. The number of ether oxygens (including phenoxy) is 2. The first-order chi connectivity index (χ1) is 11.0. The van der Waals surface area contributed by atoms with Crippen LogP contribution < -0.4 is 10.5 Å². The van der Waals surface area contributed by atoms with Crippen LogP contribution >= 0.6 is 11.6 Å². The molecule has 0 saturated carbocycles. The molecule has 1 aliphatic heterocycles. The molecule has 0 radical (unpaired) electrons. The summed E-state index contributed by atoms with van der Waals surface area (Å²) >= 11 is 6.23. The molecule has 1 atom stereocenters. The molecule has 0 aliphatic carbocycles. The van der Waals surface area contributed by atoms with E-state index < -0.39 is 5.54 Å². The quantitative estimate of drug-likeness (QED) is 0.935. The minimum atomic E-state index is -0.464. The van der Waals surface area contributed by atoms with Gasteiger partial charge in [-0.3, -0.25) is 4.99 Å². The van der Waals surface area contributed by atoms with Crippen molar-refractivity contribution in [1.29, 1.82) is 0 Å². The monoisotopic (exact) mass is 330 g/mol. The molecule has 1 unspecified atom stereocenters. The summed E-state index contributed by atoms with van der Waals surface area (Å²) in [6.45, 7) is 2.93. The maximum atomic E-state index is 6.23. The van der Waals surface area contributed by atoms with Crippen molar-refractivity contribution >= 4 is 17.4 Å². The summed E-state index contributed by atoms with van der Waals surface area (Å²) < 4.78 is 10.8. The Labute approximate surface area is 140 Å². The van der Waals surface area contributed by atoms with Crippen molar-refractivity contribution in [2.75, 3.05) is 20.3 Å². The van der Waals surface area contributed by atoms with Gasteiger partial charge in [-0.15, -0.1) is 0 Å². The van der Waals surface area contributed by atoms with Crippen LogP contribution in [-0.2, 0) is 10.3 Å². The average molecular weight is 331 g/mol. The third-order valence-corrected chi connectivity index (χ3v) is 4.29. The minimum Gasteiger partial charge on any atom is -0.495 e. The van der Waals surface area contributed by atoms with Gasteiger partial charge >= 0.3 is 0 Å². The molecule has 23 heavy (non-hydrogen) atoms. The van der Waals surface area contributed by atoms with Crippen LogP contribution in [0.1, 0.15) is 12.5 Å². The van der Waals surface area contributed by atoms with Gasteiger partial charge in [0.15, 0.2) is 0 Å². The summed E-state index contributed by atoms with van der Waals surface area (Å²) in [6, 6.07) is 13.9. The first-order valence-corrected chi connectivity index (χ1v) is 7.76. The lowest BCUT2D eigenvalue weighted by atomic mass is 9.90. The van der Waals surface area contributed by atoms with E-state index in [9.17, 15) is 0 Å². The predicted molar refractivity (Wildman–Crippen MR) is 93.2 cm³/mol. The molecule has 2 N–H and O–H groups in total. The van der Waals surface area contributed by atoms with E-state index in [0.717, 1.165) is 16.7 Å². The highest BCUT2D eigenvalue weighted by Crippen LogP contribution is 2.34. The molecule has 0 amide bonds. The lowest BCUT2D eigenvalue weighted by Crippen LogP contribution is -2.37. The number of rotatable bonds is 3. The molecule has 120 valence electrons. The maximum absolute atomic E-state index is 6.23. The van der Waals surface area contributed by atoms with Crippen LogP contribution in [0, 0.1) is 0 Å². The zero-order valence-corrected chi connectivity index (χ0v) is 13.9. The number of aliphatic imine (C=N–C) groups is 1. The van der Waals surface area contributed by atoms with Crippen molar-refractivity contribution in [3.8, 4) is 16.9 Å². The third-order valence-electron chi connectivity index (χ3n) is 3.99. The SMILES string of the molecule is COc1ccc(-c2cccc(C3(C)COCC(N)=N3)c2)cc1Cl. The van der Waals surface area contributed by atoms with E-state index in [1.165, 1.54) is 0 Å². The zero-order chi connectivity index (χ0) is 16.4. The summed E-state index contributed by atoms with van der Waals surface area (Å²) in [5.74, 6) is 1.19. The van der Waals surface area contributed by atoms with Gasteiger partial charge in [-0.05, 0) is 41.8 Å². The van der Waals surface area contributed by atoms with Crippen molar-refractivity contribution in [1.82, 2.24) is 0 Å². The van der Waals surface area contributed by atoms with Gasteiger partial charge in [-0.25, -0.2) is 0 Å². The van der Waals surface area contributed by atoms with E-state index in [1.807, 2.05) is 43.3 Å². The molecular formula is C18H19ClN2O2. The lowest BCUT2D eigenvalue weighted by Gasteiger charge is -2.30.